The Kier molecular flexibility index (Phi) is 5.91. The lowest BCUT2D eigenvalue weighted by Crippen LogP contribution is -2.44. The number of anilines is 1. The van der Waals surface area contributed by atoms with Crippen LogP contribution >= 0.6 is 11.8 Å². The molecular formula is C18H18N4O3S. The summed E-state index contributed by atoms with van der Waals surface area (Å²) in [6.45, 7) is 3.35. The Morgan fingerprint density at radius 3 is 2.54 bits per heavy atom. The lowest BCUT2D eigenvalue weighted by Gasteiger charge is -2.34. The van der Waals surface area contributed by atoms with Crippen LogP contribution in [0.25, 0.3) is 0 Å². The SMILES string of the molecule is COc1ccc(NC(=O)CSC2=C(C#N)C(C)(C)[C@H](C#N)C(=O)N2)cc1. The van der Waals surface area contributed by atoms with Gasteiger partial charge >= 0.3 is 0 Å². The van der Waals surface area contributed by atoms with E-state index in [9.17, 15) is 20.1 Å². The van der Waals surface area contributed by atoms with Crippen LogP contribution in [-0.4, -0.2) is 24.7 Å². The minimum atomic E-state index is -0.949. The Labute approximate surface area is 156 Å². The van der Waals surface area contributed by atoms with Crippen molar-refractivity contribution >= 4 is 29.3 Å². The summed E-state index contributed by atoms with van der Waals surface area (Å²) in [5.74, 6) is -0.996. The smallest absolute Gasteiger partial charge is 0.243 e. The van der Waals surface area contributed by atoms with E-state index >= 15 is 0 Å². The maximum Gasteiger partial charge on any atom is 0.243 e. The molecule has 26 heavy (non-hydrogen) atoms. The highest BCUT2D eigenvalue weighted by atomic mass is 32.2. The average Bonchev–Trinajstić information content (AvgIpc) is 2.60. The van der Waals surface area contributed by atoms with E-state index in [0.29, 0.717) is 22.0 Å². The number of hydrogen-bond donors (Lipinski definition) is 2. The van der Waals surface area contributed by atoms with Crippen molar-refractivity contribution in [3.8, 4) is 17.9 Å². The molecule has 0 saturated carbocycles. The summed E-state index contributed by atoms with van der Waals surface area (Å²) in [5, 5.41) is 24.3. The molecule has 1 aliphatic rings. The zero-order valence-electron chi connectivity index (χ0n) is 14.6. The second-order valence-corrected chi connectivity index (χ2v) is 7.14. The maximum atomic E-state index is 12.1. The number of carbonyl (C=O) groups excluding carboxylic acids is 2. The molecule has 0 fully saturated rings. The Hall–Kier alpha value is -2.97. The number of rotatable bonds is 5. The third kappa shape index (κ3) is 3.98. The highest BCUT2D eigenvalue weighted by Gasteiger charge is 2.44. The zero-order chi connectivity index (χ0) is 19.3. The summed E-state index contributed by atoms with van der Waals surface area (Å²) < 4.78 is 5.06. The van der Waals surface area contributed by atoms with Crippen LogP contribution in [0.4, 0.5) is 5.69 Å². The molecule has 1 aliphatic heterocycles. The van der Waals surface area contributed by atoms with E-state index in [1.165, 1.54) is 0 Å². The van der Waals surface area contributed by atoms with Crippen LogP contribution in [0.15, 0.2) is 34.9 Å². The average molecular weight is 370 g/mol. The van der Waals surface area contributed by atoms with Crippen molar-refractivity contribution in [2.75, 3.05) is 18.2 Å². The Morgan fingerprint density at radius 1 is 1.35 bits per heavy atom. The first-order valence-electron chi connectivity index (χ1n) is 7.75. The van der Waals surface area contributed by atoms with Gasteiger partial charge in [-0.2, -0.15) is 10.5 Å². The molecule has 1 aromatic carbocycles. The van der Waals surface area contributed by atoms with Crippen LogP contribution in [0.3, 0.4) is 0 Å². The fourth-order valence-corrected chi connectivity index (χ4v) is 3.52. The third-order valence-electron chi connectivity index (χ3n) is 4.05. The topological polar surface area (TPSA) is 115 Å². The number of nitrogens with zero attached hydrogens (tertiary/aromatic N) is 2. The molecule has 0 radical (unpaired) electrons. The normalized spacial score (nSPS) is 18.3. The molecule has 8 heteroatoms. The lowest BCUT2D eigenvalue weighted by molar-refractivity contribution is -0.125. The van der Waals surface area contributed by atoms with E-state index in [0.717, 1.165) is 11.8 Å². The molecule has 0 aromatic heterocycles. The maximum absolute atomic E-state index is 12.1. The van der Waals surface area contributed by atoms with E-state index in [4.69, 9.17) is 4.74 Å². The Bertz CT molecular complexity index is 831. The van der Waals surface area contributed by atoms with Gasteiger partial charge in [-0.15, -0.1) is 0 Å². The summed E-state index contributed by atoms with van der Waals surface area (Å²) >= 11 is 1.06. The molecule has 2 amide bonds. The molecule has 1 atom stereocenters. The third-order valence-corrected chi connectivity index (χ3v) is 5.06. The Balaban J connectivity index is 2.08. The molecule has 0 bridgehead atoms. The minimum Gasteiger partial charge on any atom is -0.497 e. The molecule has 1 aromatic rings. The van der Waals surface area contributed by atoms with E-state index in [-0.39, 0.29) is 11.7 Å². The van der Waals surface area contributed by atoms with Crippen LogP contribution in [-0.2, 0) is 9.59 Å². The quantitative estimate of drug-likeness (QED) is 0.822. The monoisotopic (exact) mass is 370 g/mol. The first-order chi connectivity index (χ1) is 12.3. The van der Waals surface area contributed by atoms with Gasteiger partial charge in [-0.3, -0.25) is 9.59 Å². The van der Waals surface area contributed by atoms with Crippen LogP contribution in [0.2, 0.25) is 0 Å². The second-order valence-electron chi connectivity index (χ2n) is 6.15. The van der Waals surface area contributed by atoms with E-state index in [2.05, 4.69) is 16.7 Å². The van der Waals surface area contributed by atoms with Gasteiger partial charge in [0.05, 0.1) is 35.6 Å². The fourth-order valence-electron chi connectivity index (χ4n) is 2.54. The van der Waals surface area contributed by atoms with Crippen molar-refractivity contribution < 1.29 is 14.3 Å². The summed E-state index contributed by atoms with van der Waals surface area (Å²) in [7, 11) is 1.56. The second kappa shape index (κ2) is 7.94. The predicted molar refractivity (Wildman–Crippen MR) is 97.7 cm³/mol. The van der Waals surface area contributed by atoms with Gasteiger partial charge in [0.1, 0.15) is 11.7 Å². The predicted octanol–water partition coefficient (Wildman–Crippen LogP) is 2.40. The standard InChI is InChI=1S/C18H18N4O3S/c1-18(2)13(8-19)16(24)22-17(14(18)9-20)26-10-15(23)21-11-4-6-12(25-3)7-5-11/h4-7,13H,10H2,1-3H3,(H,21,23)(H,22,24)/t13-/m1/s1. The highest BCUT2D eigenvalue weighted by Crippen LogP contribution is 2.41. The summed E-state index contributed by atoms with van der Waals surface area (Å²) in [4.78, 5) is 24.2. The van der Waals surface area contributed by atoms with Crippen molar-refractivity contribution in [2.24, 2.45) is 11.3 Å². The number of carbonyl (C=O) groups is 2. The van der Waals surface area contributed by atoms with Crippen molar-refractivity contribution in [3.63, 3.8) is 0 Å². The number of allylic oxidation sites excluding steroid dienone is 1. The molecule has 0 saturated heterocycles. The molecule has 0 unspecified atom stereocenters. The zero-order valence-corrected chi connectivity index (χ0v) is 15.4. The number of ether oxygens (including phenoxy) is 1. The number of hydrogen-bond acceptors (Lipinski definition) is 6. The first kappa shape index (κ1) is 19.4. The minimum absolute atomic E-state index is 0.0140. The first-order valence-corrected chi connectivity index (χ1v) is 8.74. The molecular weight excluding hydrogens is 352 g/mol. The van der Waals surface area contributed by atoms with Crippen molar-refractivity contribution in [1.29, 1.82) is 10.5 Å². The highest BCUT2D eigenvalue weighted by molar-refractivity contribution is 8.03. The van der Waals surface area contributed by atoms with Crippen molar-refractivity contribution in [2.45, 2.75) is 13.8 Å². The number of methoxy groups -OCH3 is 1. The molecule has 2 N–H and O–H groups in total. The molecule has 2 rings (SSSR count). The molecule has 1 heterocycles. The van der Waals surface area contributed by atoms with Gasteiger partial charge in [-0.1, -0.05) is 25.6 Å². The number of nitriles is 2. The van der Waals surface area contributed by atoms with E-state index in [1.54, 1.807) is 45.2 Å². The van der Waals surface area contributed by atoms with Crippen LogP contribution in [0, 0.1) is 34.0 Å². The van der Waals surface area contributed by atoms with Crippen molar-refractivity contribution in [3.05, 3.63) is 34.9 Å². The number of amides is 2. The summed E-state index contributed by atoms with van der Waals surface area (Å²) in [6.07, 6.45) is 0. The van der Waals surface area contributed by atoms with Gasteiger partial charge in [0, 0.05) is 11.1 Å². The van der Waals surface area contributed by atoms with Gasteiger partial charge in [0.25, 0.3) is 0 Å². The largest absolute Gasteiger partial charge is 0.497 e. The molecule has 7 nitrogen and oxygen atoms in total. The summed E-state index contributed by atoms with van der Waals surface area (Å²) in [5.41, 5.74) is -0.00462. The van der Waals surface area contributed by atoms with E-state index in [1.807, 2.05) is 6.07 Å². The van der Waals surface area contributed by atoms with Gasteiger partial charge in [0.2, 0.25) is 11.8 Å². The van der Waals surface area contributed by atoms with Gasteiger partial charge in [0.15, 0.2) is 0 Å². The fraction of sp³-hybridized carbons (Fsp3) is 0.333. The van der Waals surface area contributed by atoms with Crippen LogP contribution in [0.1, 0.15) is 13.8 Å². The van der Waals surface area contributed by atoms with E-state index < -0.39 is 17.2 Å². The number of nitrogens with one attached hydrogen (secondary N) is 2. The van der Waals surface area contributed by atoms with Crippen molar-refractivity contribution in [1.82, 2.24) is 5.32 Å². The molecule has 134 valence electrons. The van der Waals surface area contributed by atoms with Crippen LogP contribution < -0.4 is 15.4 Å². The van der Waals surface area contributed by atoms with Gasteiger partial charge in [-0.25, -0.2) is 0 Å². The van der Waals surface area contributed by atoms with Gasteiger partial charge < -0.3 is 15.4 Å². The Morgan fingerprint density at radius 2 is 2.00 bits per heavy atom. The molecule has 0 spiro atoms. The molecule has 0 aliphatic carbocycles. The lowest BCUT2D eigenvalue weighted by atomic mass is 9.72. The number of thioether (sulfide) groups is 1. The summed E-state index contributed by atoms with van der Waals surface area (Å²) in [6, 6.07) is 10.9. The van der Waals surface area contributed by atoms with Gasteiger partial charge in [-0.05, 0) is 24.3 Å². The number of benzene rings is 1. The van der Waals surface area contributed by atoms with Crippen LogP contribution in [0.5, 0.6) is 5.75 Å².